The molecule has 5 heteroatoms. The summed E-state index contributed by atoms with van der Waals surface area (Å²) in [5, 5.41) is 14.1. The number of carbonyl (C=O) groups excluding carboxylic acids is 1. The number of nitrogens with one attached hydrogen (secondary N) is 1. The number of rotatable bonds is 1. The minimum atomic E-state index is -0.446. The summed E-state index contributed by atoms with van der Waals surface area (Å²) in [5.74, 6) is 1.56. The van der Waals surface area contributed by atoms with Gasteiger partial charge in [0.15, 0.2) is 0 Å². The average molecular weight is 341 g/mol. The molecule has 5 nitrogen and oxygen atoms in total. The standard InChI is InChI=1S/C20H27N3O2/c1-22-6-7-23(17-5-3-2-4-16(17)22)19(24)21-18-14-8-13-9-15(18)12-20(25,10-13)11-14/h2-5,13-15,18,25H,6-12H2,1H3,(H,21,24)/t13?,14?,15?,18-,20-. The zero-order valence-electron chi connectivity index (χ0n) is 14.8. The van der Waals surface area contributed by atoms with Gasteiger partial charge in [-0.25, -0.2) is 4.79 Å². The lowest BCUT2D eigenvalue weighted by atomic mass is 9.52. The van der Waals surface area contributed by atoms with Crippen LogP contribution in [-0.2, 0) is 0 Å². The predicted octanol–water partition coefficient (Wildman–Crippen LogP) is 2.59. The highest BCUT2D eigenvalue weighted by molar-refractivity contribution is 5.97. The number of para-hydroxylation sites is 2. The summed E-state index contributed by atoms with van der Waals surface area (Å²) in [4.78, 5) is 17.2. The van der Waals surface area contributed by atoms with Crippen LogP contribution in [-0.4, -0.2) is 42.9 Å². The molecule has 134 valence electrons. The molecule has 1 aromatic carbocycles. The summed E-state index contributed by atoms with van der Waals surface area (Å²) < 4.78 is 0. The largest absolute Gasteiger partial charge is 0.390 e. The van der Waals surface area contributed by atoms with Crippen molar-refractivity contribution in [2.75, 3.05) is 29.9 Å². The van der Waals surface area contributed by atoms with Gasteiger partial charge in [0.2, 0.25) is 0 Å². The summed E-state index contributed by atoms with van der Waals surface area (Å²) in [6.45, 7) is 1.57. The van der Waals surface area contributed by atoms with Gasteiger partial charge in [-0.2, -0.15) is 0 Å². The van der Waals surface area contributed by atoms with Crippen LogP contribution < -0.4 is 15.1 Å². The number of hydrogen-bond donors (Lipinski definition) is 2. The lowest BCUT2D eigenvalue weighted by molar-refractivity contribution is -0.136. The van der Waals surface area contributed by atoms with Crippen LogP contribution in [0.5, 0.6) is 0 Å². The molecule has 4 fully saturated rings. The van der Waals surface area contributed by atoms with Gasteiger partial charge in [0.1, 0.15) is 0 Å². The molecule has 2 N–H and O–H groups in total. The van der Waals surface area contributed by atoms with Crippen LogP contribution in [0.15, 0.2) is 24.3 Å². The molecule has 4 saturated carbocycles. The molecule has 2 unspecified atom stereocenters. The number of benzene rings is 1. The second-order valence-electron chi connectivity index (χ2n) is 8.73. The Labute approximate surface area is 149 Å². The van der Waals surface area contributed by atoms with Crippen molar-refractivity contribution < 1.29 is 9.90 Å². The SMILES string of the molecule is CN1CCN(C(=O)N[C@H]2C3CC4CC2C[C@](O)(C4)C3)c2ccccc21. The van der Waals surface area contributed by atoms with E-state index >= 15 is 0 Å². The number of aliphatic hydroxyl groups is 1. The molecule has 4 bridgehead atoms. The minimum Gasteiger partial charge on any atom is -0.390 e. The highest BCUT2D eigenvalue weighted by atomic mass is 16.3. The van der Waals surface area contributed by atoms with Gasteiger partial charge in [0.05, 0.1) is 17.0 Å². The van der Waals surface area contributed by atoms with E-state index < -0.39 is 5.60 Å². The topological polar surface area (TPSA) is 55.8 Å². The van der Waals surface area contributed by atoms with Crippen molar-refractivity contribution in [2.45, 2.75) is 43.7 Å². The molecule has 1 aromatic rings. The molecule has 0 spiro atoms. The fraction of sp³-hybridized carbons (Fsp3) is 0.650. The van der Waals surface area contributed by atoms with Gasteiger partial charge in [0.25, 0.3) is 0 Å². The molecule has 6 rings (SSSR count). The van der Waals surface area contributed by atoms with E-state index in [0.29, 0.717) is 24.3 Å². The molecule has 1 aliphatic heterocycles. The van der Waals surface area contributed by atoms with Crippen LogP contribution in [0.4, 0.5) is 16.2 Å². The van der Waals surface area contributed by atoms with E-state index in [-0.39, 0.29) is 12.1 Å². The Hall–Kier alpha value is -1.75. The van der Waals surface area contributed by atoms with Crippen molar-refractivity contribution >= 4 is 17.4 Å². The number of nitrogens with zero attached hydrogens (tertiary/aromatic N) is 2. The Morgan fingerprint density at radius 1 is 1.12 bits per heavy atom. The van der Waals surface area contributed by atoms with Gasteiger partial charge < -0.3 is 15.3 Å². The van der Waals surface area contributed by atoms with Gasteiger partial charge in [-0.15, -0.1) is 0 Å². The molecule has 5 aliphatic rings. The fourth-order valence-electron chi connectivity index (χ4n) is 6.15. The lowest BCUT2D eigenvalue weighted by Gasteiger charge is -2.58. The van der Waals surface area contributed by atoms with Crippen molar-refractivity contribution in [1.29, 1.82) is 0 Å². The first-order valence-corrected chi connectivity index (χ1v) is 9.63. The Bertz CT molecular complexity index is 690. The fourth-order valence-corrected chi connectivity index (χ4v) is 6.15. The molecule has 0 saturated heterocycles. The maximum atomic E-state index is 13.1. The first-order chi connectivity index (χ1) is 12.0. The average Bonchev–Trinajstić information content (AvgIpc) is 2.57. The molecular formula is C20H27N3O2. The summed E-state index contributed by atoms with van der Waals surface area (Å²) in [6.07, 6.45) is 5.05. The van der Waals surface area contributed by atoms with Gasteiger partial charge in [-0.05, 0) is 62.0 Å². The molecule has 1 heterocycles. The predicted molar refractivity (Wildman–Crippen MR) is 97.9 cm³/mol. The third-order valence-corrected chi connectivity index (χ3v) is 7.02. The monoisotopic (exact) mass is 341 g/mol. The first kappa shape index (κ1) is 15.5. The highest BCUT2D eigenvalue weighted by Gasteiger charge is 2.55. The normalized spacial score (nSPS) is 38.6. The summed E-state index contributed by atoms with van der Waals surface area (Å²) in [6, 6.07) is 8.39. The van der Waals surface area contributed by atoms with Crippen molar-refractivity contribution in [3.63, 3.8) is 0 Å². The van der Waals surface area contributed by atoms with Crippen LogP contribution >= 0.6 is 0 Å². The Morgan fingerprint density at radius 2 is 1.80 bits per heavy atom. The van der Waals surface area contributed by atoms with Crippen LogP contribution in [0.1, 0.15) is 32.1 Å². The molecular weight excluding hydrogens is 314 g/mol. The second-order valence-corrected chi connectivity index (χ2v) is 8.73. The van der Waals surface area contributed by atoms with E-state index in [0.717, 1.165) is 37.2 Å². The zero-order valence-corrected chi connectivity index (χ0v) is 14.8. The van der Waals surface area contributed by atoms with E-state index in [4.69, 9.17) is 0 Å². The van der Waals surface area contributed by atoms with E-state index in [1.54, 1.807) is 0 Å². The zero-order chi connectivity index (χ0) is 17.2. The number of hydrogen-bond acceptors (Lipinski definition) is 3. The number of fused-ring (bicyclic) bond motifs is 1. The number of amides is 2. The van der Waals surface area contributed by atoms with Crippen LogP contribution in [0.25, 0.3) is 0 Å². The van der Waals surface area contributed by atoms with E-state index in [2.05, 4.69) is 23.3 Å². The number of urea groups is 1. The molecule has 0 aromatic heterocycles. The molecule has 2 atom stereocenters. The summed E-state index contributed by atoms with van der Waals surface area (Å²) >= 11 is 0. The highest BCUT2D eigenvalue weighted by Crippen LogP contribution is 2.55. The summed E-state index contributed by atoms with van der Waals surface area (Å²) in [5.41, 5.74) is 1.66. The van der Waals surface area contributed by atoms with Gasteiger partial charge in [0, 0.05) is 26.2 Å². The van der Waals surface area contributed by atoms with Crippen molar-refractivity contribution in [2.24, 2.45) is 17.8 Å². The summed E-state index contributed by atoms with van der Waals surface area (Å²) in [7, 11) is 2.08. The third kappa shape index (κ3) is 2.43. The van der Waals surface area contributed by atoms with Crippen LogP contribution in [0, 0.1) is 17.8 Å². The Kier molecular flexibility index (Phi) is 3.33. The lowest BCUT2D eigenvalue weighted by Crippen LogP contribution is -2.63. The molecule has 25 heavy (non-hydrogen) atoms. The molecule has 4 aliphatic carbocycles. The van der Waals surface area contributed by atoms with E-state index in [9.17, 15) is 9.90 Å². The van der Waals surface area contributed by atoms with Crippen LogP contribution in [0.2, 0.25) is 0 Å². The number of carbonyl (C=O) groups is 1. The number of likely N-dealkylation sites (N-methyl/N-ethyl adjacent to an activating group) is 1. The minimum absolute atomic E-state index is 0.0324. The second kappa shape index (κ2) is 5.37. The van der Waals surface area contributed by atoms with Crippen molar-refractivity contribution in [3.8, 4) is 0 Å². The quantitative estimate of drug-likeness (QED) is 0.825. The van der Waals surface area contributed by atoms with Crippen molar-refractivity contribution in [1.82, 2.24) is 5.32 Å². The number of anilines is 2. The third-order valence-electron chi connectivity index (χ3n) is 7.02. The molecule has 2 amide bonds. The smallest absolute Gasteiger partial charge is 0.322 e. The Morgan fingerprint density at radius 3 is 2.48 bits per heavy atom. The van der Waals surface area contributed by atoms with Crippen molar-refractivity contribution in [3.05, 3.63) is 24.3 Å². The van der Waals surface area contributed by atoms with Gasteiger partial charge >= 0.3 is 6.03 Å². The first-order valence-electron chi connectivity index (χ1n) is 9.63. The van der Waals surface area contributed by atoms with Crippen LogP contribution in [0.3, 0.4) is 0 Å². The molecule has 0 radical (unpaired) electrons. The Balaban J connectivity index is 1.36. The van der Waals surface area contributed by atoms with E-state index in [1.807, 2.05) is 23.1 Å². The van der Waals surface area contributed by atoms with Gasteiger partial charge in [-0.1, -0.05) is 12.1 Å². The maximum absolute atomic E-state index is 13.1. The maximum Gasteiger partial charge on any atom is 0.322 e. The van der Waals surface area contributed by atoms with E-state index in [1.165, 1.54) is 12.8 Å². The van der Waals surface area contributed by atoms with Gasteiger partial charge in [-0.3, -0.25) is 4.90 Å².